The van der Waals surface area contributed by atoms with Crippen LogP contribution < -0.4 is 10.5 Å². The van der Waals surface area contributed by atoms with Crippen LogP contribution in [-0.4, -0.2) is 37.6 Å². The van der Waals surface area contributed by atoms with Gasteiger partial charge in [-0.1, -0.05) is 12.1 Å². The summed E-state index contributed by atoms with van der Waals surface area (Å²) in [6.45, 7) is 1.90. The molecule has 0 bridgehead atoms. The van der Waals surface area contributed by atoms with Crippen LogP contribution in [0.15, 0.2) is 23.0 Å². The number of nitrogens with one attached hydrogen (secondary N) is 1. The summed E-state index contributed by atoms with van der Waals surface area (Å²) in [5.74, 6) is 0. The van der Waals surface area contributed by atoms with Crippen LogP contribution in [0, 0.1) is 0 Å². The van der Waals surface area contributed by atoms with Crippen LogP contribution in [0.25, 0.3) is 10.9 Å². The number of hydrogen-bond acceptors (Lipinski definition) is 3. The molecule has 4 nitrogen and oxygen atoms in total. The van der Waals surface area contributed by atoms with Gasteiger partial charge in [-0.05, 0) is 38.6 Å². The van der Waals surface area contributed by atoms with E-state index < -0.39 is 0 Å². The van der Waals surface area contributed by atoms with Gasteiger partial charge < -0.3 is 14.8 Å². The molecule has 1 aliphatic rings. The van der Waals surface area contributed by atoms with Crippen molar-refractivity contribution in [2.24, 2.45) is 0 Å². The fourth-order valence-electron chi connectivity index (χ4n) is 3.11. The second-order valence-electron chi connectivity index (χ2n) is 5.92. The lowest BCUT2D eigenvalue weighted by atomic mass is 9.99. The van der Waals surface area contributed by atoms with Crippen molar-refractivity contribution in [3.05, 3.63) is 39.7 Å². The van der Waals surface area contributed by atoms with E-state index in [-0.39, 0.29) is 30.4 Å². The number of halogens is 2. The number of anilines is 1. The van der Waals surface area contributed by atoms with Gasteiger partial charge in [0, 0.05) is 31.1 Å². The van der Waals surface area contributed by atoms with Gasteiger partial charge in [-0.2, -0.15) is 0 Å². The normalized spacial score (nSPS) is 13.5. The number of aromatic amines is 1. The molecule has 3 rings (SSSR count). The summed E-state index contributed by atoms with van der Waals surface area (Å²) in [5.41, 5.74) is 4.29. The molecule has 0 saturated carbocycles. The molecular formula is C16H23Cl2N3O. The van der Waals surface area contributed by atoms with Gasteiger partial charge >= 0.3 is 0 Å². The molecule has 0 spiro atoms. The Labute approximate surface area is 143 Å². The van der Waals surface area contributed by atoms with Crippen molar-refractivity contribution in [3.63, 3.8) is 0 Å². The summed E-state index contributed by atoms with van der Waals surface area (Å²) < 4.78 is 0. The highest BCUT2D eigenvalue weighted by Crippen LogP contribution is 2.31. The summed E-state index contributed by atoms with van der Waals surface area (Å²) in [4.78, 5) is 19.7. The average Bonchev–Trinajstić information content (AvgIpc) is 2.38. The Bertz CT molecular complexity index is 712. The lowest BCUT2D eigenvalue weighted by molar-refractivity contribution is 0.402. The highest BCUT2D eigenvalue weighted by molar-refractivity contribution is 5.93. The topological polar surface area (TPSA) is 39.3 Å². The first-order valence-corrected chi connectivity index (χ1v) is 7.10. The zero-order valence-corrected chi connectivity index (χ0v) is 14.8. The standard InChI is InChI=1S/C16H21N3O.2ClH/c1-18(2)10-11-6-7-12-14(9-11)17-16(20)13-5-4-8-19(3)15(12)13;;/h6-7,9H,4-5,8,10H2,1-3H3,(H,17,20);2*1H. The molecular weight excluding hydrogens is 321 g/mol. The molecule has 1 aromatic heterocycles. The second-order valence-corrected chi connectivity index (χ2v) is 5.92. The van der Waals surface area contributed by atoms with Crippen LogP contribution in [0.5, 0.6) is 0 Å². The quantitative estimate of drug-likeness (QED) is 0.911. The molecule has 22 heavy (non-hydrogen) atoms. The maximum Gasteiger partial charge on any atom is 0.253 e. The largest absolute Gasteiger partial charge is 0.374 e. The van der Waals surface area contributed by atoms with Gasteiger partial charge in [-0.3, -0.25) is 4.79 Å². The summed E-state index contributed by atoms with van der Waals surface area (Å²) in [5, 5.41) is 1.16. The van der Waals surface area contributed by atoms with Crippen LogP contribution in [0.1, 0.15) is 17.5 Å². The molecule has 6 heteroatoms. The van der Waals surface area contributed by atoms with Crippen LogP contribution in [-0.2, 0) is 13.0 Å². The van der Waals surface area contributed by atoms with Crippen molar-refractivity contribution < 1.29 is 0 Å². The average molecular weight is 344 g/mol. The Morgan fingerprint density at radius 3 is 2.68 bits per heavy atom. The molecule has 1 N–H and O–H groups in total. The lowest BCUT2D eigenvalue weighted by Crippen LogP contribution is -2.30. The van der Waals surface area contributed by atoms with Gasteiger partial charge in [0.2, 0.25) is 0 Å². The molecule has 0 radical (unpaired) electrons. The molecule has 122 valence electrons. The first kappa shape index (κ1) is 18.8. The Kier molecular flexibility index (Phi) is 6.29. The number of H-pyrrole nitrogens is 1. The zero-order chi connectivity index (χ0) is 14.3. The van der Waals surface area contributed by atoms with Crippen LogP contribution in [0.2, 0.25) is 0 Å². The summed E-state index contributed by atoms with van der Waals surface area (Å²) >= 11 is 0. The fraction of sp³-hybridized carbons (Fsp3) is 0.438. The predicted octanol–water partition coefficient (Wildman–Crippen LogP) is 2.82. The molecule has 0 aliphatic carbocycles. The van der Waals surface area contributed by atoms with E-state index in [1.165, 1.54) is 5.56 Å². The van der Waals surface area contributed by atoms with E-state index >= 15 is 0 Å². The molecule has 0 atom stereocenters. The van der Waals surface area contributed by atoms with Crippen LogP contribution in [0.3, 0.4) is 0 Å². The molecule has 1 aromatic carbocycles. The fourth-order valence-corrected chi connectivity index (χ4v) is 3.11. The number of aromatic nitrogens is 1. The third kappa shape index (κ3) is 3.40. The third-order valence-electron chi connectivity index (χ3n) is 3.95. The number of hydrogen-bond donors (Lipinski definition) is 1. The number of rotatable bonds is 2. The minimum Gasteiger partial charge on any atom is -0.374 e. The van der Waals surface area contributed by atoms with E-state index in [1.807, 2.05) is 14.1 Å². The molecule has 0 unspecified atom stereocenters. The van der Waals surface area contributed by atoms with Gasteiger partial charge in [-0.15, -0.1) is 24.8 Å². The smallest absolute Gasteiger partial charge is 0.253 e. The zero-order valence-electron chi connectivity index (χ0n) is 13.2. The minimum absolute atomic E-state index is 0. The van der Waals surface area contributed by atoms with E-state index in [4.69, 9.17) is 0 Å². The van der Waals surface area contributed by atoms with E-state index in [0.29, 0.717) is 0 Å². The van der Waals surface area contributed by atoms with Crippen LogP contribution in [0.4, 0.5) is 5.69 Å². The summed E-state index contributed by atoms with van der Waals surface area (Å²) in [6.07, 6.45) is 1.93. The monoisotopic (exact) mass is 343 g/mol. The van der Waals surface area contributed by atoms with E-state index in [1.54, 1.807) is 0 Å². The van der Waals surface area contributed by atoms with Crippen molar-refractivity contribution in [2.45, 2.75) is 19.4 Å². The van der Waals surface area contributed by atoms with Gasteiger partial charge in [0.25, 0.3) is 5.56 Å². The maximum atomic E-state index is 12.3. The van der Waals surface area contributed by atoms with Gasteiger partial charge in [0.15, 0.2) is 0 Å². The number of pyridine rings is 1. The first-order chi connectivity index (χ1) is 9.56. The maximum absolute atomic E-state index is 12.3. The summed E-state index contributed by atoms with van der Waals surface area (Å²) in [7, 11) is 6.17. The van der Waals surface area contributed by atoms with Crippen molar-refractivity contribution in [2.75, 3.05) is 32.6 Å². The highest BCUT2D eigenvalue weighted by atomic mass is 35.5. The van der Waals surface area contributed by atoms with Crippen molar-refractivity contribution >= 4 is 41.4 Å². The second kappa shape index (κ2) is 7.36. The highest BCUT2D eigenvalue weighted by Gasteiger charge is 2.20. The van der Waals surface area contributed by atoms with Crippen LogP contribution >= 0.6 is 24.8 Å². The van der Waals surface area contributed by atoms with Crippen molar-refractivity contribution in [1.82, 2.24) is 9.88 Å². The number of nitrogens with zero attached hydrogens (tertiary/aromatic N) is 2. The molecule has 2 aromatic rings. The Balaban J connectivity index is 0.00000121. The minimum atomic E-state index is 0. The molecule has 0 fully saturated rings. The van der Waals surface area contributed by atoms with Gasteiger partial charge in [-0.25, -0.2) is 0 Å². The molecule has 0 amide bonds. The van der Waals surface area contributed by atoms with Gasteiger partial charge in [0.1, 0.15) is 0 Å². The lowest BCUT2D eigenvalue weighted by Gasteiger charge is -2.28. The molecule has 2 heterocycles. The SMILES string of the molecule is CN(C)Cc1ccc2c3c(c(=O)[nH]c2c1)CCCN3C.Cl.Cl. The van der Waals surface area contributed by atoms with Crippen molar-refractivity contribution in [3.8, 4) is 0 Å². The Morgan fingerprint density at radius 1 is 1.27 bits per heavy atom. The van der Waals surface area contributed by atoms with E-state index in [2.05, 4.69) is 40.0 Å². The molecule has 0 saturated heterocycles. The predicted molar refractivity (Wildman–Crippen MR) is 98.0 cm³/mol. The molecule has 1 aliphatic heterocycles. The van der Waals surface area contributed by atoms with Gasteiger partial charge in [0.05, 0.1) is 11.2 Å². The van der Waals surface area contributed by atoms with Crippen molar-refractivity contribution in [1.29, 1.82) is 0 Å². The summed E-state index contributed by atoms with van der Waals surface area (Å²) in [6, 6.07) is 6.40. The first-order valence-electron chi connectivity index (χ1n) is 7.10. The Morgan fingerprint density at radius 2 is 2.00 bits per heavy atom. The third-order valence-corrected chi connectivity index (χ3v) is 3.95. The Hall–Kier alpha value is -1.23. The number of benzene rings is 1. The van der Waals surface area contributed by atoms with E-state index in [9.17, 15) is 4.79 Å². The van der Waals surface area contributed by atoms with E-state index in [0.717, 1.165) is 48.1 Å². The number of fused-ring (bicyclic) bond motifs is 3.